The van der Waals surface area contributed by atoms with Gasteiger partial charge >= 0.3 is 6.18 Å². The molecule has 2 amide bonds. The molecule has 0 radical (unpaired) electrons. The van der Waals surface area contributed by atoms with Gasteiger partial charge in [-0.15, -0.1) is 0 Å². The molecular weight excluding hydrogens is 447 g/mol. The van der Waals surface area contributed by atoms with E-state index in [2.05, 4.69) is 20.9 Å². The number of dihydropyridines is 1. The van der Waals surface area contributed by atoms with Crippen LogP contribution in [0.15, 0.2) is 60.9 Å². The van der Waals surface area contributed by atoms with Crippen molar-refractivity contribution in [3.8, 4) is 6.07 Å². The number of halogens is 3. The second kappa shape index (κ2) is 9.02. The normalized spacial score (nSPS) is 19.4. The molecule has 7 nitrogen and oxygen atoms in total. The van der Waals surface area contributed by atoms with Gasteiger partial charge in [0.1, 0.15) is 5.69 Å². The summed E-state index contributed by atoms with van der Waals surface area (Å²) in [4.78, 5) is 28.6. The predicted octanol–water partition coefficient (Wildman–Crippen LogP) is 3.17. The molecular formula is C24H20F3N5O2. The number of pyridine rings is 1. The smallest absolute Gasteiger partial charge is 0.358 e. The van der Waals surface area contributed by atoms with Gasteiger partial charge in [0, 0.05) is 24.9 Å². The number of alkyl halides is 3. The van der Waals surface area contributed by atoms with Gasteiger partial charge in [-0.1, -0.05) is 18.2 Å². The molecule has 1 aromatic carbocycles. The number of carbonyl (C=O) groups is 2. The first kappa shape index (κ1) is 23.0. The van der Waals surface area contributed by atoms with Crippen LogP contribution >= 0.6 is 0 Å². The van der Waals surface area contributed by atoms with Gasteiger partial charge in [0.05, 0.1) is 11.6 Å². The summed E-state index contributed by atoms with van der Waals surface area (Å²) in [6, 6.07) is 11.8. The molecule has 0 saturated heterocycles. The maximum absolute atomic E-state index is 13.8. The largest absolute Gasteiger partial charge is 0.434 e. The van der Waals surface area contributed by atoms with Crippen LogP contribution in [0.2, 0.25) is 0 Å². The second-order valence-corrected chi connectivity index (χ2v) is 8.07. The summed E-state index contributed by atoms with van der Waals surface area (Å²) in [5, 5.41) is 15.9. The molecule has 1 aliphatic heterocycles. The average molecular weight is 467 g/mol. The molecule has 1 aliphatic carbocycles. The monoisotopic (exact) mass is 467 g/mol. The van der Waals surface area contributed by atoms with Crippen LogP contribution in [0.3, 0.4) is 0 Å². The molecule has 0 spiro atoms. The highest BCUT2D eigenvalue weighted by Gasteiger charge is 2.56. The Labute approximate surface area is 193 Å². The lowest BCUT2D eigenvalue weighted by Crippen LogP contribution is -2.66. The highest BCUT2D eigenvalue weighted by molar-refractivity contribution is 5.93. The van der Waals surface area contributed by atoms with E-state index in [0.717, 1.165) is 17.8 Å². The number of allylic oxidation sites excluding steroid dienone is 2. The summed E-state index contributed by atoms with van der Waals surface area (Å²) < 4.78 is 41.3. The Balaban J connectivity index is 1.45. The number of nitrogens with one attached hydrogen (secondary N) is 3. The summed E-state index contributed by atoms with van der Waals surface area (Å²) in [6.07, 6.45) is 1.08. The van der Waals surface area contributed by atoms with Gasteiger partial charge in [0.15, 0.2) is 0 Å². The third-order valence-corrected chi connectivity index (χ3v) is 5.55. The van der Waals surface area contributed by atoms with Crippen molar-refractivity contribution in [3.63, 3.8) is 0 Å². The summed E-state index contributed by atoms with van der Waals surface area (Å²) in [6.45, 7) is 0.218. The van der Waals surface area contributed by atoms with E-state index in [1.165, 1.54) is 18.3 Å². The Kier molecular flexibility index (Phi) is 6.11. The molecule has 1 atom stereocenters. The minimum atomic E-state index is -4.76. The van der Waals surface area contributed by atoms with Crippen LogP contribution in [0.25, 0.3) is 5.57 Å². The molecule has 2 aromatic rings. The molecule has 10 heteroatoms. The van der Waals surface area contributed by atoms with E-state index in [4.69, 9.17) is 5.26 Å². The number of nitriles is 1. The van der Waals surface area contributed by atoms with E-state index < -0.39 is 23.7 Å². The number of aromatic nitrogens is 1. The number of carbonyl (C=O) groups excluding carboxylic acids is 2. The van der Waals surface area contributed by atoms with Crippen LogP contribution in [-0.4, -0.2) is 28.6 Å². The Morgan fingerprint density at radius 1 is 1.21 bits per heavy atom. The number of hydrogen-bond acceptors (Lipinski definition) is 5. The van der Waals surface area contributed by atoms with Crippen molar-refractivity contribution in [3.05, 3.63) is 83.3 Å². The molecule has 174 valence electrons. The van der Waals surface area contributed by atoms with Gasteiger partial charge in [-0.2, -0.15) is 18.4 Å². The topological polar surface area (TPSA) is 107 Å². The van der Waals surface area contributed by atoms with Crippen molar-refractivity contribution < 1.29 is 22.8 Å². The van der Waals surface area contributed by atoms with Gasteiger partial charge in [-0.05, 0) is 59.9 Å². The minimum Gasteiger partial charge on any atom is -0.358 e. The number of rotatable bonds is 6. The fraction of sp³-hybridized carbons (Fsp3) is 0.250. The van der Waals surface area contributed by atoms with Crippen LogP contribution in [-0.2, 0) is 11.3 Å². The van der Waals surface area contributed by atoms with E-state index >= 15 is 0 Å². The summed E-state index contributed by atoms with van der Waals surface area (Å²) in [7, 11) is 0. The van der Waals surface area contributed by atoms with E-state index in [1.54, 1.807) is 30.3 Å². The highest BCUT2D eigenvalue weighted by atomic mass is 19.4. The fourth-order valence-corrected chi connectivity index (χ4v) is 3.35. The maximum atomic E-state index is 13.8. The third kappa shape index (κ3) is 4.93. The molecule has 1 unspecified atom stereocenters. The summed E-state index contributed by atoms with van der Waals surface area (Å²) >= 11 is 0. The summed E-state index contributed by atoms with van der Waals surface area (Å²) in [5.74, 6) is -1.48. The zero-order chi connectivity index (χ0) is 24.3. The molecule has 0 bridgehead atoms. The van der Waals surface area contributed by atoms with Crippen LogP contribution in [0.5, 0.6) is 0 Å². The Morgan fingerprint density at radius 2 is 1.94 bits per heavy atom. The maximum Gasteiger partial charge on any atom is 0.434 e. The molecule has 2 aliphatic rings. The van der Waals surface area contributed by atoms with Crippen molar-refractivity contribution in [2.45, 2.75) is 31.2 Å². The number of hydrogen-bond donors (Lipinski definition) is 3. The van der Waals surface area contributed by atoms with Gasteiger partial charge in [-0.25, -0.2) is 0 Å². The number of amides is 2. The highest BCUT2D eigenvalue weighted by Crippen LogP contribution is 2.36. The standard InChI is InChI=1S/C24H20F3N5O2/c25-24(26,27)23(32-21(33)17-5-6-17)9-7-19(14-31-23)18-8-10-29-20(11-18)22(34)30-13-16-3-1-15(12-28)2-4-16/h1-4,7-11,14,17,31H,5-6,13H2,(H,30,34)(H,32,33). The van der Waals surface area contributed by atoms with E-state index in [0.29, 0.717) is 29.5 Å². The average Bonchev–Trinajstić information content (AvgIpc) is 3.68. The van der Waals surface area contributed by atoms with Crippen molar-refractivity contribution in [1.82, 2.24) is 20.9 Å². The van der Waals surface area contributed by atoms with Crippen LogP contribution in [0.4, 0.5) is 13.2 Å². The molecule has 34 heavy (non-hydrogen) atoms. The minimum absolute atomic E-state index is 0.0927. The van der Waals surface area contributed by atoms with Crippen LogP contribution in [0, 0.1) is 17.2 Å². The van der Waals surface area contributed by atoms with Gasteiger partial charge < -0.3 is 16.0 Å². The molecule has 1 saturated carbocycles. The lowest BCUT2D eigenvalue weighted by molar-refractivity contribution is -0.190. The number of benzene rings is 1. The third-order valence-electron chi connectivity index (χ3n) is 5.55. The first-order chi connectivity index (χ1) is 16.2. The van der Waals surface area contributed by atoms with Gasteiger partial charge in [0.2, 0.25) is 11.6 Å². The second-order valence-electron chi connectivity index (χ2n) is 8.07. The molecule has 1 fully saturated rings. The van der Waals surface area contributed by atoms with E-state index in [-0.39, 0.29) is 18.2 Å². The Bertz CT molecular complexity index is 1210. The van der Waals surface area contributed by atoms with Crippen molar-refractivity contribution in [2.75, 3.05) is 0 Å². The van der Waals surface area contributed by atoms with Gasteiger partial charge in [0.25, 0.3) is 5.91 Å². The van der Waals surface area contributed by atoms with Crippen molar-refractivity contribution in [2.24, 2.45) is 5.92 Å². The van der Waals surface area contributed by atoms with E-state index in [9.17, 15) is 22.8 Å². The lowest BCUT2D eigenvalue weighted by atomic mass is 9.99. The van der Waals surface area contributed by atoms with Crippen molar-refractivity contribution >= 4 is 17.4 Å². The first-order valence-corrected chi connectivity index (χ1v) is 10.5. The predicted molar refractivity (Wildman–Crippen MR) is 116 cm³/mol. The molecule has 1 aromatic heterocycles. The molecule has 2 heterocycles. The van der Waals surface area contributed by atoms with Crippen molar-refractivity contribution in [1.29, 1.82) is 5.26 Å². The first-order valence-electron chi connectivity index (χ1n) is 10.5. The van der Waals surface area contributed by atoms with Crippen LogP contribution in [0.1, 0.15) is 40.0 Å². The zero-order valence-electron chi connectivity index (χ0n) is 17.8. The molecule has 4 rings (SSSR count). The fourth-order valence-electron chi connectivity index (χ4n) is 3.35. The number of nitrogens with zero attached hydrogens (tertiary/aromatic N) is 2. The quantitative estimate of drug-likeness (QED) is 0.605. The van der Waals surface area contributed by atoms with E-state index in [1.807, 2.05) is 6.07 Å². The lowest BCUT2D eigenvalue weighted by Gasteiger charge is -2.36. The van der Waals surface area contributed by atoms with Gasteiger partial charge in [-0.3, -0.25) is 14.6 Å². The SMILES string of the molecule is N#Cc1ccc(CNC(=O)c2cc(C3=CNC(NC(=O)C4CC4)(C(F)(F)F)C=C3)ccn2)cc1. The summed E-state index contributed by atoms with van der Waals surface area (Å²) in [5.41, 5.74) is -0.425. The molecule has 3 N–H and O–H groups in total. The van der Waals surface area contributed by atoms with Crippen LogP contribution < -0.4 is 16.0 Å². The Hall–Kier alpha value is -4.13. The zero-order valence-corrected chi connectivity index (χ0v) is 17.8. The Morgan fingerprint density at radius 3 is 2.53 bits per heavy atom.